The monoisotopic (exact) mass is 333 g/mol. The number of aryl methyl sites for hydroxylation is 1. The highest BCUT2D eigenvalue weighted by Gasteiger charge is 2.16. The molecule has 0 radical (unpaired) electrons. The lowest BCUT2D eigenvalue weighted by molar-refractivity contribution is 0.398. The first-order chi connectivity index (χ1) is 11.8. The molecule has 0 atom stereocenters. The summed E-state index contributed by atoms with van der Waals surface area (Å²) in [5.74, 6) is 1.56. The van der Waals surface area contributed by atoms with Crippen LogP contribution < -0.4 is 0 Å². The van der Waals surface area contributed by atoms with E-state index in [1.165, 1.54) is 0 Å². The molecule has 0 bridgehead atoms. The molecule has 1 aliphatic heterocycles. The van der Waals surface area contributed by atoms with Gasteiger partial charge in [0.2, 0.25) is 0 Å². The second-order valence-corrected chi connectivity index (χ2v) is 6.35. The summed E-state index contributed by atoms with van der Waals surface area (Å²) in [5.41, 5.74) is 4.86. The highest BCUT2D eigenvalue weighted by molar-refractivity contribution is 7.98. The van der Waals surface area contributed by atoms with E-state index in [0.29, 0.717) is 0 Å². The van der Waals surface area contributed by atoms with Crippen LogP contribution in [-0.2, 0) is 5.75 Å². The number of hydrogen-bond donors (Lipinski definition) is 0. The fourth-order valence-electron chi connectivity index (χ4n) is 2.53. The first kappa shape index (κ1) is 14.9. The van der Waals surface area contributed by atoms with E-state index in [1.54, 1.807) is 11.8 Å². The lowest BCUT2D eigenvalue weighted by Crippen LogP contribution is -1.87. The minimum atomic E-state index is 0.724. The van der Waals surface area contributed by atoms with E-state index >= 15 is 0 Å². The third kappa shape index (κ3) is 2.90. The quantitative estimate of drug-likeness (QED) is 0.500. The molecule has 2 aliphatic rings. The Morgan fingerprint density at radius 2 is 1.50 bits per heavy atom. The van der Waals surface area contributed by atoms with Crippen LogP contribution in [0.4, 0.5) is 0 Å². The molecule has 5 heteroatoms. The zero-order chi connectivity index (χ0) is 16.4. The average Bonchev–Trinajstić information content (AvgIpc) is 3.10. The van der Waals surface area contributed by atoms with Gasteiger partial charge in [0, 0.05) is 16.9 Å². The summed E-state index contributed by atoms with van der Waals surface area (Å²) in [6.07, 6.45) is 0. The maximum atomic E-state index is 5.41. The Labute approximate surface area is 144 Å². The molecule has 4 rings (SSSR count). The molecule has 0 amide bonds. The molecule has 2 aromatic rings. The fourth-order valence-corrected chi connectivity index (χ4v) is 3.47. The van der Waals surface area contributed by atoms with Crippen LogP contribution in [0.15, 0.2) is 70.3 Å². The summed E-state index contributed by atoms with van der Waals surface area (Å²) >= 11 is 1.60. The molecular formula is C19H15N3OS. The number of nitrogens with zero attached hydrogens (tertiary/aromatic N) is 3. The summed E-state index contributed by atoms with van der Waals surface area (Å²) in [7, 11) is 0. The van der Waals surface area contributed by atoms with Gasteiger partial charge in [-0.15, -0.1) is 0 Å². The van der Waals surface area contributed by atoms with Gasteiger partial charge in [0.15, 0.2) is 5.16 Å². The third-order valence-electron chi connectivity index (χ3n) is 3.80. The number of imidazole rings is 1. The Hall–Kier alpha value is -2.66. The lowest BCUT2D eigenvalue weighted by Gasteiger charge is -2.01. The Balaban J connectivity index is 1.60. The SMILES string of the molecule is Cc1onc(-c2ccccc2)c1CSc1nc2cccccc-2n1. The smallest absolute Gasteiger partial charge is 0.189 e. The first-order valence-corrected chi connectivity index (χ1v) is 8.66. The highest BCUT2D eigenvalue weighted by atomic mass is 32.2. The van der Waals surface area contributed by atoms with Gasteiger partial charge in [-0.3, -0.25) is 0 Å². The van der Waals surface area contributed by atoms with Crippen molar-refractivity contribution < 1.29 is 4.52 Å². The van der Waals surface area contributed by atoms with Crippen molar-refractivity contribution in [3.05, 3.63) is 72.0 Å². The molecule has 1 aliphatic carbocycles. The molecule has 0 fully saturated rings. The van der Waals surface area contributed by atoms with Crippen molar-refractivity contribution in [3.8, 4) is 22.6 Å². The zero-order valence-corrected chi connectivity index (χ0v) is 14.0. The summed E-state index contributed by atoms with van der Waals surface area (Å²) in [6, 6.07) is 20.0. The predicted molar refractivity (Wildman–Crippen MR) is 94.9 cm³/mol. The van der Waals surface area contributed by atoms with Crippen molar-refractivity contribution in [2.45, 2.75) is 17.8 Å². The van der Waals surface area contributed by atoms with Crippen molar-refractivity contribution in [3.63, 3.8) is 0 Å². The maximum absolute atomic E-state index is 5.41. The zero-order valence-electron chi connectivity index (χ0n) is 13.1. The summed E-state index contributed by atoms with van der Waals surface area (Å²) in [5, 5.41) is 4.99. The van der Waals surface area contributed by atoms with E-state index in [1.807, 2.05) is 67.6 Å². The number of benzene rings is 1. The van der Waals surface area contributed by atoms with Gasteiger partial charge in [-0.1, -0.05) is 65.4 Å². The standard InChI is InChI=1S/C19H15N3OS/c1-13-15(18(22-23-13)14-8-4-2-5-9-14)12-24-19-20-16-10-6-3-7-11-17(16)21-19/h2-11H,12H2,1H3. The molecule has 0 saturated heterocycles. The summed E-state index contributed by atoms with van der Waals surface area (Å²) in [6.45, 7) is 1.94. The van der Waals surface area contributed by atoms with Crippen molar-refractivity contribution >= 4 is 11.8 Å². The van der Waals surface area contributed by atoms with Gasteiger partial charge in [-0.2, -0.15) is 0 Å². The van der Waals surface area contributed by atoms with Crippen LogP contribution in [0, 0.1) is 6.92 Å². The molecule has 0 saturated carbocycles. The van der Waals surface area contributed by atoms with Crippen LogP contribution in [0.3, 0.4) is 0 Å². The molecule has 0 spiro atoms. The summed E-state index contributed by atoms with van der Waals surface area (Å²) in [4.78, 5) is 9.17. The molecule has 4 nitrogen and oxygen atoms in total. The Morgan fingerprint density at radius 3 is 2.17 bits per heavy atom. The molecular weight excluding hydrogens is 318 g/mol. The van der Waals surface area contributed by atoms with Gasteiger partial charge >= 0.3 is 0 Å². The van der Waals surface area contributed by atoms with Crippen LogP contribution >= 0.6 is 11.8 Å². The van der Waals surface area contributed by atoms with Crippen LogP contribution in [0.2, 0.25) is 0 Å². The second kappa shape index (κ2) is 6.45. The van der Waals surface area contributed by atoms with Gasteiger partial charge in [0.25, 0.3) is 0 Å². The van der Waals surface area contributed by atoms with Crippen LogP contribution in [0.25, 0.3) is 22.6 Å². The predicted octanol–water partition coefficient (Wildman–Crippen LogP) is 4.84. The van der Waals surface area contributed by atoms with Crippen molar-refractivity contribution in [2.75, 3.05) is 0 Å². The average molecular weight is 333 g/mol. The second-order valence-electron chi connectivity index (χ2n) is 5.41. The van der Waals surface area contributed by atoms with E-state index in [0.717, 1.165) is 44.9 Å². The maximum Gasteiger partial charge on any atom is 0.189 e. The van der Waals surface area contributed by atoms with E-state index in [4.69, 9.17) is 4.52 Å². The van der Waals surface area contributed by atoms with Crippen LogP contribution in [0.5, 0.6) is 0 Å². The van der Waals surface area contributed by atoms with E-state index in [-0.39, 0.29) is 0 Å². The molecule has 24 heavy (non-hydrogen) atoms. The number of rotatable bonds is 4. The molecule has 1 aromatic heterocycles. The Kier molecular flexibility index (Phi) is 4.01. The first-order valence-electron chi connectivity index (χ1n) is 7.67. The van der Waals surface area contributed by atoms with E-state index in [2.05, 4.69) is 15.1 Å². The van der Waals surface area contributed by atoms with Gasteiger partial charge < -0.3 is 4.52 Å². The van der Waals surface area contributed by atoms with Gasteiger partial charge in [-0.05, 0) is 19.1 Å². The van der Waals surface area contributed by atoms with Gasteiger partial charge in [0.1, 0.15) is 11.5 Å². The van der Waals surface area contributed by atoms with Crippen molar-refractivity contribution in [1.82, 2.24) is 15.1 Å². The van der Waals surface area contributed by atoms with E-state index < -0.39 is 0 Å². The minimum absolute atomic E-state index is 0.724. The number of thioether (sulfide) groups is 1. The van der Waals surface area contributed by atoms with Gasteiger partial charge in [0.05, 0.1) is 11.4 Å². The topological polar surface area (TPSA) is 51.8 Å². The molecule has 1 aromatic carbocycles. The van der Waals surface area contributed by atoms with E-state index in [9.17, 15) is 0 Å². The number of hydrogen-bond acceptors (Lipinski definition) is 5. The number of aromatic nitrogens is 3. The number of fused-ring (bicyclic) bond motifs is 1. The van der Waals surface area contributed by atoms with Crippen molar-refractivity contribution in [2.24, 2.45) is 0 Å². The largest absolute Gasteiger partial charge is 0.361 e. The molecule has 2 heterocycles. The minimum Gasteiger partial charge on any atom is -0.361 e. The Morgan fingerprint density at radius 1 is 0.875 bits per heavy atom. The van der Waals surface area contributed by atoms with Gasteiger partial charge in [-0.25, -0.2) is 9.97 Å². The van der Waals surface area contributed by atoms with Crippen molar-refractivity contribution in [1.29, 1.82) is 0 Å². The third-order valence-corrected chi connectivity index (χ3v) is 4.68. The summed E-state index contributed by atoms with van der Waals surface area (Å²) < 4.78 is 5.41. The molecule has 0 N–H and O–H groups in total. The lowest BCUT2D eigenvalue weighted by atomic mass is 10.1. The Bertz CT molecular complexity index is 906. The fraction of sp³-hybridized carbons (Fsp3) is 0.105. The molecule has 118 valence electrons. The van der Waals surface area contributed by atoms with Crippen LogP contribution in [-0.4, -0.2) is 15.1 Å². The van der Waals surface area contributed by atoms with Crippen LogP contribution in [0.1, 0.15) is 11.3 Å². The normalized spacial score (nSPS) is 11.0. The molecule has 0 unspecified atom stereocenters. The highest BCUT2D eigenvalue weighted by Crippen LogP contribution is 2.31.